The number of nitrogens with zero attached hydrogens (tertiary/aromatic N) is 1. The second kappa shape index (κ2) is 10.3. The molecule has 188 valence electrons. The summed E-state index contributed by atoms with van der Waals surface area (Å²) in [6, 6.07) is 24.5. The van der Waals surface area contributed by atoms with E-state index < -0.39 is 6.09 Å². The van der Waals surface area contributed by atoms with Crippen LogP contribution in [0.3, 0.4) is 0 Å². The van der Waals surface area contributed by atoms with Gasteiger partial charge in [-0.1, -0.05) is 36.4 Å². The summed E-state index contributed by atoms with van der Waals surface area (Å²) in [5.74, 6) is 0.181. The summed E-state index contributed by atoms with van der Waals surface area (Å²) < 4.78 is 5.35. The van der Waals surface area contributed by atoms with Crippen molar-refractivity contribution in [3.05, 3.63) is 89.5 Å². The fraction of sp³-hybridized carbons (Fsp3) is 0.276. The Kier molecular flexibility index (Phi) is 6.80. The molecule has 2 aliphatic rings. The van der Waals surface area contributed by atoms with E-state index in [0.29, 0.717) is 34.6 Å². The number of para-hydroxylation sites is 2. The minimum atomic E-state index is -0.573. The second-order valence-electron chi connectivity index (χ2n) is 9.78. The Morgan fingerprint density at radius 2 is 1.73 bits per heavy atom. The molecule has 0 aliphatic heterocycles. The maximum Gasteiger partial charge on any atom is 0.411 e. The first kappa shape index (κ1) is 24.3. The molecule has 5 N–H and O–H groups in total. The van der Waals surface area contributed by atoms with Gasteiger partial charge in [-0.05, 0) is 66.8 Å². The molecule has 8 nitrogen and oxygen atoms in total. The van der Waals surface area contributed by atoms with Crippen molar-refractivity contribution in [2.24, 2.45) is 5.41 Å². The van der Waals surface area contributed by atoms with Crippen LogP contribution in [0.5, 0.6) is 0 Å². The van der Waals surface area contributed by atoms with E-state index in [1.54, 1.807) is 48.5 Å². The first-order valence-corrected chi connectivity index (χ1v) is 12.4. The lowest BCUT2D eigenvalue weighted by Crippen LogP contribution is -2.25. The van der Waals surface area contributed by atoms with Gasteiger partial charge < -0.3 is 21.1 Å². The fourth-order valence-corrected chi connectivity index (χ4v) is 4.27. The van der Waals surface area contributed by atoms with Crippen molar-refractivity contribution >= 4 is 29.1 Å². The minimum absolute atomic E-state index is 0.122. The number of benzene rings is 3. The van der Waals surface area contributed by atoms with E-state index in [4.69, 9.17) is 10.5 Å². The Hall–Kier alpha value is -4.35. The van der Waals surface area contributed by atoms with Crippen LogP contribution in [0.25, 0.3) is 0 Å². The van der Waals surface area contributed by atoms with Gasteiger partial charge in [0.15, 0.2) is 0 Å². The zero-order chi connectivity index (χ0) is 25.8. The van der Waals surface area contributed by atoms with Crippen molar-refractivity contribution in [3.63, 3.8) is 0 Å². The topological polar surface area (TPSA) is 129 Å². The smallest absolute Gasteiger partial charge is 0.411 e. The van der Waals surface area contributed by atoms with Crippen molar-refractivity contribution in [2.45, 2.75) is 37.8 Å². The molecule has 0 bridgehead atoms. The number of nitrogens with one attached hydrogen (secondary N) is 3. The highest BCUT2D eigenvalue weighted by Crippen LogP contribution is 2.46. The Morgan fingerprint density at radius 3 is 2.41 bits per heavy atom. The summed E-state index contributed by atoms with van der Waals surface area (Å²) in [6.07, 6.45) is 2.52. The number of nitrogen functional groups attached to an aromatic ring is 1. The lowest BCUT2D eigenvalue weighted by Gasteiger charge is -2.10. The summed E-state index contributed by atoms with van der Waals surface area (Å²) in [5.41, 5.74) is 9.89. The molecule has 2 atom stereocenters. The monoisotopic (exact) mass is 495 g/mol. The predicted molar refractivity (Wildman–Crippen MR) is 142 cm³/mol. The van der Waals surface area contributed by atoms with Crippen LogP contribution in [0.1, 0.15) is 46.7 Å². The van der Waals surface area contributed by atoms with Crippen LogP contribution in [-0.2, 0) is 11.3 Å². The largest absolute Gasteiger partial charge is 0.444 e. The van der Waals surface area contributed by atoms with E-state index >= 15 is 0 Å². The normalized spacial score (nSPS) is 18.8. The third-order valence-electron chi connectivity index (χ3n) is 6.96. The maximum absolute atomic E-state index is 12.4. The molecule has 3 aromatic carbocycles. The van der Waals surface area contributed by atoms with Crippen molar-refractivity contribution < 1.29 is 14.3 Å². The van der Waals surface area contributed by atoms with Crippen LogP contribution >= 0.6 is 0 Å². The third-order valence-corrected chi connectivity index (χ3v) is 6.96. The van der Waals surface area contributed by atoms with Gasteiger partial charge >= 0.3 is 6.09 Å². The molecular formula is C29H29N5O3. The molecule has 1 unspecified atom stereocenters. The number of nitriles is 1. The zero-order valence-electron chi connectivity index (χ0n) is 20.4. The van der Waals surface area contributed by atoms with Crippen molar-refractivity contribution in [3.8, 4) is 6.07 Å². The van der Waals surface area contributed by atoms with E-state index in [0.717, 1.165) is 31.4 Å². The first-order valence-electron chi connectivity index (χ1n) is 12.4. The second-order valence-corrected chi connectivity index (χ2v) is 9.78. The molecule has 8 heteroatoms. The van der Waals surface area contributed by atoms with Crippen molar-refractivity contribution in [2.75, 3.05) is 22.9 Å². The standard InChI is InChI=1S/C29H29N5O3/c30-17-29(13-14-29)18-32-26-15-23(26)20-7-5-19(6-8-20)16-37-28(36)33-22-11-9-21(10-12-22)27(35)34-25-4-2-1-3-24(25)31/h1-12,23,26,32H,13-16,18,31H2,(H,33,36)(H,34,35)/t23-,26?/m1/s1. The molecule has 0 spiro atoms. The van der Waals surface area contributed by atoms with Gasteiger partial charge in [-0.3, -0.25) is 10.1 Å². The summed E-state index contributed by atoms with van der Waals surface area (Å²) in [5, 5.41) is 18.2. The molecule has 5 rings (SSSR count). The number of carbonyl (C=O) groups is 2. The van der Waals surface area contributed by atoms with Gasteiger partial charge in [0.05, 0.1) is 22.9 Å². The molecule has 37 heavy (non-hydrogen) atoms. The molecule has 2 fully saturated rings. The predicted octanol–water partition coefficient (Wildman–Crippen LogP) is 5.02. The van der Waals surface area contributed by atoms with Gasteiger partial charge in [0.2, 0.25) is 0 Å². The molecular weight excluding hydrogens is 466 g/mol. The lowest BCUT2D eigenvalue weighted by molar-refractivity contribution is 0.102. The fourth-order valence-electron chi connectivity index (χ4n) is 4.27. The number of rotatable bonds is 9. The van der Waals surface area contributed by atoms with Crippen LogP contribution in [-0.4, -0.2) is 24.6 Å². The van der Waals surface area contributed by atoms with E-state index in [1.807, 2.05) is 12.1 Å². The van der Waals surface area contributed by atoms with Gasteiger partial charge in [0.25, 0.3) is 5.91 Å². The molecule has 3 aromatic rings. The van der Waals surface area contributed by atoms with E-state index in [2.05, 4.69) is 34.2 Å². The van der Waals surface area contributed by atoms with Crippen LogP contribution in [0.2, 0.25) is 0 Å². The van der Waals surface area contributed by atoms with E-state index in [9.17, 15) is 14.9 Å². The highest BCUT2D eigenvalue weighted by atomic mass is 16.5. The molecule has 2 amide bonds. The summed E-state index contributed by atoms with van der Waals surface area (Å²) >= 11 is 0. The van der Waals surface area contributed by atoms with Gasteiger partial charge in [0, 0.05) is 29.8 Å². The van der Waals surface area contributed by atoms with Gasteiger partial charge in [-0.2, -0.15) is 5.26 Å². The number of anilines is 3. The zero-order valence-corrected chi connectivity index (χ0v) is 20.4. The number of nitrogens with two attached hydrogens (primary N) is 1. The van der Waals surface area contributed by atoms with Crippen LogP contribution in [0.15, 0.2) is 72.8 Å². The number of hydrogen-bond donors (Lipinski definition) is 4. The summed E-state index contributed by atoms with van der Waals surface area (Å²) in [4.78, 5) is 24.7. The molecule has 0 heterocycles. The average Bonchev–Trinajstić information content (AvgIpc) is 3.84. The quantitative estimate of drug-likeness (QED) is 0.309. The highest BCUT2D eigenvalue weighted by Gasteiger charge is 2.46. The van der Waals surface area contributed by atoms with Gasteiger partial charge in [-0.15, -0.1) is 0 Å². The van der Waals surface area contributed by atoms with Crippen molar-refractivity contribution in [1.82, 2.24) is 5.32 Å². The maximum atomic E-state index is 12.4. The average molecular weight is 496 g/mol. The van der Waals surface area contributed by atoms with Crippen LogP contribution < -0.4 is 21.7 Å². The highest BCUT2D eigenvalue weighted by molar-refractivity contribution is 6.06. The molecule has 0 aromatic heterocycles. The third kappa shape index (κ3) is 6.08. The Balaban J connectivity index is 1.05. The van der Waals surface area contributed by atoms with Gasteiger partial charge in [-0.25, -0.2) is 4.79 Å². The molecule has 2 aliphatic carbocycles. The lowest BCUT2D eigenvalue weighted by atomic mass is 10.1. The molecule has 0 saturated heterocycles. The Labute approximate surface area is 215 Å². The molecule has 2 saturated carbocycles. The number of ether oxygens (including phenoxy) is 1. The number of hydrogen-bond acceptors (Lipinski definition) is 6. The Bertz CT molecular complexity index is 1330. The SMILES string of the molecule is N#CC1(CNC2C[C@@H]2c2ccc(COC(=O)Nc3ccc(C(=O)Nc4ccccc4N)cc3)cc2)CC1. The van der Waals surface area contributed by atoms with Gasteiger partial charge in [0.1, 0.15) is 6.61 Å². The van der Waals surface area contributed by atoms with Crippen molar-refractivity contribution in [1.29, 1.82) is 5.26 Å². The Morgan fingerprint density at radius 1 is 1.00 bits per heavy atom. The summed E-state index contributed by atoms with van der Waals surface area (Å²) in [6.45, 7) is 0.937. The van der Waals surface area contributed by atoms with E-state index in [1.165, 1.54) is 5.56 Å². The number of amides is 2. The van der Waals surface area contributed by atoms with Crippen LogP contribution in [0, 0.1) is 16.7 Å². The number of carbonyl (C=O) groups excluding carboxylic acids is 2. The molecule has 0 radical (unpaired) electrons. The summed E-state index contributed by atoms with van der Waals surface area (Å²) in [7, 11) is 0. The van der Waals surface area contributed by atoms with Crippen LogP contribution in [0.4, 0.5) is 21.9 Å². The van der Waals surface area contributed by atoms with E-state index in [-0.39, 0.29) is 17.9 Å². The first-order chi connectivity index (χ1) is 17.9. The minimum Gasteiger partial charge on any atom is -0.444 e.